The topological polar surface area (TPSA) is 22.0 Å². The number of halogens is 4. The van der Waals surface area contributed by atoms with Gasteiger partial charge < -0.3 is 0 Å². The van der Waals surface area contributed by atoms with Crippen LogP contribution in [0.1, 0.15) is 11.1 Å². The van der Waals surface area contributed by atoms with Gasteiger partial charge in [-0.1, -0.05) is 17.7 Å². The van der Waals surface area contributed by atoms with Gasteiger partial charge in [-0.15, -0.1) is 0 Å². The van der Waals surface area contributed by atoms with Gasteiger partial charge in [0.1, 0.15) is 0 Å². The van der Waals surface area contributed by atoms with E-state index in [0.29, 0.717) is 15.5 Å². The number of hydrogen-bond donors (Lipinski definition) is 0. The monoisotopic (exact) mass is 381 g/mol. The second-order valence-corrected chi connectivity index (χ2v) is 6.10. The molecule has 3 aromatic rings. The first-order valence-electron chi connectivity index (χ1n) is 6.76. The highest BCUT2D eigenvalue weighted by molar-refractivity contribution is 9.10. The minimum absolute atomic E-state index is 0.275. The van der Waals surface area contributed by atoms with Crippen LogP contribution >= 0.6 is 15.9 Å². The number of fused-ring (bicyclic) bond motifs is 1. The number of pyridine rings is 1. The van der Waals surface area contributed by atoms with E-state index in [1.165, 1.54) is 16.7 Å². The Morgan fingerprint density at radius 1 is 1.00 bits per heavy atom. The summed E-state index contributed by atoms with van der Waals surface area (Å²) < 4.78 is 39.9. The number of hydrogen-bond acceptors (Lipinski definition) is 1. The van der Waals surface area contributed by atoms with Crippen LogP contribution in [0.3, 0.4) is 0 Å². The van der Waals surface area contributed by atoms with Crippen molar-refractivity contribution in [3.63, 3.8) is 0 Å². The summed E-state index contributed by atoms with van der Waals surface area (Å²) in [6.07, 6.45) is -2.82. The molecule has 0 saturated heterocycles. The molecule has 1 heterocycles. The molecule has 118 valence electrons. The van der Waals surface area contributed by atoms with Crippen LogP contribution in [0.5, 0.6) is 0 Å². The van der Waals surface area contributed by atoms with Crippen LogP contribution in [0.4, 0.5) is 13.2 Å². The summed E-state index contributed by atoms with van der Waals surface area (Å²) in [5, 5.41) is 1.28. The van der Waals surface area contributed by atoms with E-state index in [4.69, 9.17) is 0 Å². The summed E-state index contributed by atoms with van der Waals surface area (Å²) in [4.78, 5) is 12.6. The molecule has 0 atom stereocenters. The number of aryl methyl sites for hydroxylation is 1. The maximum absolute atomic E-state index is 12.6. The van der Waals surface area contributed by atoms with Gasteiger partial charge in [0.25, 0.3) is 5.56 Å². The van der Waals surface area contributed by atoms with Crippen molar-refractivity contribution >= 4 is 26.7 Å². The third-order valence-electron chi connectivity index (χ3n) is 3.60. The lowest BCUT2D eigenvalue weighted by Gasteiger charge is -2.11. The van der Waals surface area contributed by atoms with Gasteiger partial charge in [-0.2, -0.15) is 13.2 Å². The Morgan fingerprint density at radius 3 is 2.26 bits per heavy atom. The first-order valence-corrected chi connectivity index (χ1v) is 7.56. The van der Waals surface area contributed by atoms with E-state index in [-0.39, 0.29) is 5.56 Å². The molecule has 23 heavy (non-hydrogen) atoms. The van der Waals surface area contributed by atoms with Crippen molar-refractivity contribution < 1.29 is 13.2 Å². The maximum atomic E-state index is 12.6. The molecule has 0 N–H and O–H groups in total. The van der Waals surface area contributed by atoms with E-state index in [1.807, 2.05) is 19.1 Å². The first-order chi connectivity index (χ1) is 10.8. The second kappa shape index (κ2) is 5.53. The molecule has 0 spiro atoms. The van der Waals surface area contributed by atoms with E-state index < -0.39 is 11.7 Å². The molecule has 0 aliphatic carbocycles. The van der Waals surface area contributed by atoms with Gasteiger partial charge in [0, 0.05) is 27.1 Å². The fraction of sp³-hybridized carbons (Fsp3) is 0.118. The van der Waals surface area contributed by atoms with Gasteiger partial charge in [0.2, 0.25) is 0 Å². The molecular formula is C17H11BrF3NO. The fourth-order valence-electron chi connectivity index (χ4n) is 2.42. The average molecular weight is 382 g/mol. The molecule has 1 aromatic heterocycles. The van der Waals surface area contributed by atoms with E-state index in [1.54, 1.807) is 12.3 Å². The zero-order valence-electron chi connectivity index (χ0n) is 12.0. The van der Waals surface area contributed by atoms with Crippen molar-refractivity contribution in [2.24, 2.45) is 0 Å². The van der Waals surface area contributed by atoms with Crippen LogP contribution in [0.25, 0.3) is 16.5 Å². The van der Waals surface area contributed by atoms with Crippen LogP contribution in [0.2, 0.25) is 0 Å². The number of aromatic nitrogens is 1. The minimum atomic E-state index is -4.40. The fourth-order valence-corrected chi connectivity index (χ4v) is 2.95. The van der Waals surface area contributed by atoms with Crippen molar-refractivity contribution in [3.05, 3.63) is 74.6 Å². The van der Waals surface area contributed by atoms with Crippen molar-refractivity contribution in [3.8, 4) is 5.69 Å². The van der Waals surface area contributed by atoms with Crippen molar-refractivity contribution in [2.75, 3.05) is 0 Å². The SMILES string of the molecule is Cc1ccc2c(=O)n(-c3ccc(C(F)(F)F)cc3)cc(Br)c2c1. The van der Waals surface area contributed by atoms with Crippen LogP contribution in [0.15, 0.2) is 57.9 Å². The lowest BCUT2D eigenvalue weighted by molar-refractivity contribution is -0.137. The van der Waals surface area contributed by atoms with Gasteiger partial charge in [0.05, 0.1) is 5.56 Å². The molecule has 0 fully saturated rings. The Hall–Kier alpha value is -2.08. The molecule has 2 nitrogen and oxygen atoms in total. The van der Waals surface area contributed by atoms with Gasteiger partial charge in [0.15, 0.2) is 0 Å². The summed E-state index contributed by atoms with van der Waals surface area (Å²) in [7, 11) is 0. The molecule has 0 aliphatic heterocycles. The molecule has 0 bridgehead atoms. The van der Waals surface area contributed by atoms with Gasteiger partial charge in [-0.05, 0) is 53.2 Å². The van der Waals surface area contributed by atoms with Crippen LogP contribution in [-0.4, -0.2) is 4.57 Å². The van der Waals surface area contributed by atoms with E-state index in [9.17, 15) is 18.0 Å². The summed E-state index contributed by atoms with van der Waals surface area (Å²) >= 11 is 3.42. The molecule has 0 amide bonds. The lowest BCUT2D eigenvalue weighted by atomic mass is 10.1. The summed E-state index contributed by atoms with van der Waals surface area (Å²) in [5.74, 6) is 0. The third kappa shape index (κ3) is 2.91. The lowest BCUT2D eigenvalue weighted by Crippen LogP contribution is -2.18. The number of rotatable bonds is 1. The molecule has 0 aliphatic rings. The second-order valence-electron chi connectivity index (χ2n) is 5.25. The smallest absolute Gasteiger partial charge is 0.283 e. The standard InChI is InChI=1S/C17H11BrF3NO/c1-10-2-7-13-14(8-10)15(18)9-22(16(13)23)12-5-3-11(4-6-12)17(19,20)21/h2-9H,1H3. The largest absolute Gasteiger partial charge is 0.416 e. The van der Waals surface area contributed by atoms with Crippen molar-refractivity contribution in [1.82, 2.24) is 4.57 Å². The third-order valence-corrected chi connectivity index (χ3v) is 4.23. The van der Waals surface area contributed by atoms with E-state index in [2.05, 4.69) is 15.9 Å². The van der Waals surface area contributed by atoms with Crippen LogP contribution < -0.4 is 5.56 Å². The summed E-state index contributed by atoms with van der Waals surface area (Å²) in [5.41, 5.74) is 0.379. The number of nitrogens with zero attached hydrogens (tertiary/aromatic N) is 1. The predicted octanol–water partition coefficient (Wildman–Crippen LogP) is 5.08. The Labute approximate surface area is 138 Å². The maximum Gasteiger partial charge on any atom is 0.416 e. The molecule has 0 saturated carbocycles. The van der Waals surface area contributed by atoms with Crippen molar-refractivity contribution in [1.29, 1.82) is 0 Å². The Kier molecular flexibility index (Phi) is 3.80. The molecular weight excluding hydrogens is 371 g/mol. The zero-order valence-corrected chi connectivity index (χ0v) is 13.6. The summed E-state index contributed by atoms with van der Waals surface area (Å²) in [6, 6.07) is 9.95. The minimum Gasteiger partial charge on any atom is -0.283 e. The quantitative estimate of drug-likeness (QED) is 0.575. The molecule has 6 heteroatoms. The Morgan fingerprint density at radius 2 is 1.65 bits per heavy atom. The Bertz CT molecular complexity index is 943. The molecule has 2 aromatic carbocycles. The number of benzene rings is 2. The zero-order chi connectivity index (χ0) is 16.8. The predicted molar refractivity (Wildman–Crippen MR) is 87.0 cm³/mol. The van der Waals surface area contributed by atoms with E-state index in [0.717, 1.165) is 23.1 Å². The highest BCUT2D eigenvalue weighted by Crippen LogP contribution is 2.30. The van der Waals surface area contributed by atoms with E-state index >= 15 is 0 Å². The van der Waals surface area contributed by atoms with Crippen LogP contribution in [-0.2, 0) is 6.18 Å². The average Bonchev–Trinajstić information content (AvgIpc) is 2.50. The molecule has 0 radical (unpaired) electrons. The summed E-state index contributed by atoms with van der Waals surface area (Å²) in [6.45, 7) is 1.92. The Balaban J connectivity index is 2.19. The van der Waals surface area contributed by atoms with Crippen molar-refractivity contribution in [2.45, 2.75) is 13.1 Å². The highest BCUT2D eigenvalue weighted by atomic mass is 79.9. The number of alkyl halides is 3. The van der Waals surface area contributed by atoms with Crippen LogP contribution in [0, 0.1) is 6.92 Å². The van der Waals surface area contributed by atoms with Gasteiger partial charge >= 0.3 is 6.18 Å². The molecule has 3 rings (SSSR count). The highest BCUT2D eigenvalue weighted by Gasteiger charge is 2.30. The first kappa shape index (κ1) is 15.8. The van der Waals surface area contributed by atoms with Gasteiger partial charge in [-0.3, -0.25) is 9.36 Å². The normalized spacial score (nSPS) is 11.9. The van der Waals surface area contributed by atoms with Gasteiger partial charge in [-0.25, -0.2) is 0 Å². The molecule has 0 unspecified atom stereocenters.